The van der Waals surface area contributed by atoms with Gasteiger partial charge in [-0.1, -0.05) is 12.1 Å². The van der Waals surface area contributed by atoms with Crippen molar-refractivity contribution in [1.29, 1.82) is 0 Å². The normalized spacial score (nSPS) is 12.4. The molecule has 0 aliphatic heterocycles. The van der Waals surface area contributed by atoms with Crippen molar-refractivity contribution < 1.29 is 9.84 Å². The summed E-state index contributed by atoms with van der Waals surface area (Å²) in [6, 6.07) is 9.40. The van der Waals surface area contributed by atoms with Gasteiger partial charge in [-0.15, -0.1) is 0 Å². The largest absolute Gasteiger partial charge is 0.497 e. The van der Waals surface area contributed by atoms with Gasteiger partial charge in [-0.05, 0) is 23.8 Å². The van der Waals surface area contributed by atoms with Crippen molar-refractivity contribution in [2.75, 3.05) is 13.7 Å². The molecule has 2 aromatic rings. The minimum atomic E-state index is -0.557. The molecule has 5 nitrogen and oxygen atoms in total. The van der Waals surface area contributed by atoms with Crippen LogP contribution < -0.4 is 10.1 Å². The monoisotopic (exact) mass is 261 g/mol. The van der Waals surface area contributed by atoms with Gasteiger partial charge in [0.1, 0.15) is 5.75 Å². The highest BCUT2D eigenvalue weighted by atomic mass is 16.5. The SMILES string of the molecule is COc1cccc(C(O)CNCc2ccn(C)n2)c1. The molecule has 1 atom stereocenters. The zero-order valence-corrected chi connectivity index (χ0v) is 11.2. The van der Waals surface area contributed by atoms with Crippen molar-refractivity contribution in [3.8, 4) is 5.75 Å². The molecule has 5 heteroatoms. The standard InChI is InChI=1S/C14H19N3O2/c1-17-7-6-12(16-17)9-15-10-14(18)11-4-3-5-13(8-11)19-2/h3-8,14-15,18H,9-10H2,1-2H3. The molecule has 102 valence electrons. The predicted octanol–water partition coefficient (Wildman–Crippen LogP) is 1.25. The average molecular weight is 261 g/mol. The zero-order chi connectivity index (χ0) is 13.7. The number of hydrogen-bond donors (Lipinski definition) is 2. The van der Waals surface area contributed by atoms with Gasteiger partial charge in [-0.25, -0.2) is 0 Å². The molecule has 0 saturated heterocycles. The lowest BCUT2D eigenvalue weighted by atomic mass is 10.1. The van der Waals surface area contributed by atoms with E-state index >= 15 is 0 Å². The molecule has 0 fully saturated rings. The number of benzene rings is 1. The van der Waals surface area contributed by atoms with E-state index in [2.05, 4.69) is 10.4 Å². The molecule has 0 amide bonds. The van der Waals surface area contributed by atoms with Crippen LogP contribution in [0.1, 0.15) is 17.4 Å². The summed E-state index contributed by atoms with van der Waals surface area (Å²) in [7, 11) is 3.50. The lowest BCUT2D eigenvalue weighted by Gasteiger charge is -2.12. The first-order chi connectivity index (χ1) is 9.19. The van der Waals surface area contributed by atoms with E-state index in [4.69, 9.17) is 4.74 Å². The Labute approximate surface area is 112 Å². The number of methoxy groups -OCH3 is 1. The van der Waals surface area contributed by atoms with Crippen LogP contribution in [0, 0.1) is 0 Å². The zero-order valence-electron chi connectivity index (χ0n) is 11.2. The predicted molar refractivity (Wildman–Crippen MR) is 72.9 cm³/mol. The highest BCUT2D eigenvalue weighted by Crippen LogP contribution is 2.18. The van der Waals surface area contributed by atoms with Crippen molar-refractivity contribution in [3.63, 3.8) is 0 Å². The molecule has 2 N–H and O–H groups in total. The molecule has 0 bridgehead atoms. The molecule has 19 heavy (non-hydrogen) atoms. The first kappa shape index (κ1) is 13.6. The number of aromatic nitrogens is 2. The van der Waals surface area contributed by atoms with Gasteiger partial charge in [0, 0.05) is 26.3 Å². The summed E-state index contributed by atoms with van der Waals surface area (Å²) < 4.78 is 6.90. The van der Waals surface area contributed by atoms with E-state index < -0.39 is 6.10 Å². The van der Waals surface area contributed by atoms with Crippen LogP contribution in [0.5, 0.6) is 5.75 Å². The number of nitrogens with one attached hydrogen (secondary N) is 1. The van der Waals surface area contributed by atoms with Crippen molar-refractivity contribution in [2.24, 2.45) is 7.05 Å². The Morgan fingerprint density at radius 3 is 2.95 bits per heavy atom. The second kappa shape index (κ2) is 6.36. The number of ether oxygens (including phenoxy) is 1. The molecule has 0 spiro atoms. The third-order valence-corrected chi connectivity index (χ3v) is 2.89. The van der Waals surface area contributed by atoms with Gasteiger partial charge in [0.2, 0.25) is 0 Å². The maximum absolute atomic E-state index is 10.1. The van der Waals surface area contributed by atoms with Crippen LogP contribution in [0.2, 0.25) is 0 Å². The third-order valence-electron chi connectivity index (χ3n) is 2.89. The molecule has 0 aliphatic rings. The minimum Gasteiger partial charge on any atom is -0.497 e. The summed E-state index contributed by atoms with van der Waals surface area (Å²) in [6.07, 6.45) is 1.34. The Hall–Kier alpha value is -1.85. The summed E-state index contributed by atoms with van der Waals surface area (Å²) in [5, 5.41) is 17.5. The van der Waals surface area contributed by atoms with E-state index in [-0.39, 0.29) is 0 Å². The van der Waals surface area contributed by atoms with Gasteiger partial charge < -0.3 is 15.2 Å². The average Bonchev–Trinajstić information content (AvgIpc) is 2.84. The molecule has 0 aliphatic carbocycles. The van der Waals surface area contributed by atoms with Crippen LogP contribution in [-0.4, -0.2) is 28.5 Å². The first-order valence-corrected chi connectivity index (χ1v) is 6.20. The van der Waals surface area contributed by atoms with Crippen molar-refractivity contribution >= 4 is 0 Å². The molecule has 0 saturated carbocycles. The molecule has 1 heterocycles. The number of rotatable bonds is 6. The fraction of sp³-hybridized carbons (Fsp3) is 0.357. The van der Waals surface area contributed by atoms with Crippen LogP contribution in [0.25, 0.3) is 0 Å². The van der Waals surface area contributed by atoms with Crippen LogP contribution in [0.4, 0.5) is 0 Å². The van der Waals surface area contributed by atoms with E-state index in [0.717, 1.165) is 17.0 Å². The van der Waals surface area contributed by atoms with Gasteiger partial charge in [0.25, 0.3) is 0 Å². The summed E-state index contributed by atoms with van der Waals surface area (Å²) in [5.74, 6) is 0.751. The van der Waals surface area contributed by atoms with Crippen LogP contribution in [0.3, 0.4) is 0 Å². The summed E-state index contributed by atoms with van der Waals surface area (Å²) in [4.78, 5) is 0. The minimum absolute atomic E-state index is 0.476. The second-order valence-corrected chi connectivity index (χ2v) is 4.40. The number of hydrogen-bond acceptors (Lipinski definition) is 4. The van der Waals surface area contributed by atoms with E-state index in [1.54, 1.807) is 11.8 Å². The third kappa shape index (κ3) is 3.81. The van der Waals surface area contributed by atoms with Gasteiger partial charge in [0.05, 0.1) is 18.9 Å². The van der Waals surface area contributed by atoms with E-state index in [1.807, 2.05) is 43.6 Å². The quantitative estimate of drug-likeness (QED) is 0.821. The lowest BCUT2D eigenvalue weighted by molar-refractivity contribution is 0.174. The number of aryl methyl sites for hydroxylation is 1. The highest BCUT2D eigenvalue weighted by Gasteiger charge is 2.08. The van der Waals surface area contributed by atoms with E-state index in [9.17, 15) is 5.11 Å². The fourth-order valence-corrected chi connectivity index (χ4v) is 1.86. The Kier molecular flexibility index (Phi) is 4.54. The molecule has 1 aromatic carbocycles. The maximum atomic E-state index is 10.1. The van der Waals surface area contributed by atoms with Gasteiger partial charge in [-0.2, -0.15) is 5.10 Å². The van der Waals surface area contributed by atoms with Gasteiger partial charge >= 0.3 is 0 Å². The smallest absolute Gasteiger partial charge is 0.119 e. The lowest BCUT2D eigenvalue weighted by Crippen LogP contribution is -2.21. The van der Waals surface area contributed by atoms with Gasteiger partial charge in [-0.3, -0.25) is 4.68 Å². The molecule has 2 rings (SSSR count). The number of aliphatic hydroxyl groups excluding tert-OH is 1. The molecule has 1 aromatic heterocycles. The Morgan fingerprint density at radius 1 is 1.42 bits per heavy atom. The summed E-state index contributed by atoms with van der Waals surface area (Å²) in [6.45, 7) is 1.12. The van der Waals surface area contributed by atoms with Gasteiger partial charge in [0.15, 0.2) is 0 Å². The maximum Gasteiger partial charge on any atom is 0.119 e. The van der Waals surface area contributed by atoms with Crippen molar-refractivity contribution in [3.05, 3.63) is 47.8 Å². The van der Waals surface area contributed by atoms with Crippen LogP contribution in [-0.2, 0) is 13.6 Å². The Balaban J connectivity index is 1.85. The van der Waals surface area contributed by atoms with Crippen LogP contribution in [0.15, 0.2) is 36.5 Å². The molecule has 0 radical (unpaired) electrons. The molecule has 1 unspecified atom stereocenters. The van der Waals surface area contributed by atoms with Crippen molar-refractivity contribution in [2.45, 2.75) is 12.6 Å². The highest BCUT2D eigenvalue weighted by molar-refractivity contribution is 5.29. The Morgan fingerprint density at radius 2 is 2.26 bits per heavy atom. The topological polar surface area (TPSA) is 59.3 Å². The summed E-state index contributed by atoms with van der Waals surface area (Å²) in [5.41, 5.74) is 1.80. The van der Waals surface area contributed by atoms with E-state index in [1.165, 1.54) is 0 Å². The molecular formula is C14H19N3O2. The molecular weight excluding hydrogens is 242 g/mol. The summed E-state index contributed by atoms with van der Waals surface area (Å²) >= 11 is 0. The van der Waals surface area contributed by atoms with E-state index in [0.29, 0.717) is 13.1 Å². The first-order valence-electron chi connectivity index (χ1n) is 6.20. The number of aliphatic hydroxyl groups is 1. The Bertz CT molecular complexity index is 525. The fourth-order valence-electron chi connectivity index (χ4n) is 1.86. The van der Waals surface area contributed by atoms with Crippen molar-refractivity contribution in [1.82, 2.24) is 15.1 Å². The second-order valence-electron chi connectivity index (χ2n) is 4.40. The number of nitrogens with zero attached hydrogens (tertiary/aromatic N) is 2. The van der Waals surface area contributed by atoms with Crippen LogP contribution >= 0.6 is 0 Å².